The standard InChI is InChI=1S/C21H20N4/c1-24-21-12-16(8-9-17(21)13-23-24)19-7-5-6-18-14-25(15-20(18)19)11-4-2-3-10-22/h2-3,5-9,12-13H,4,11,14-15H2,1H3/b3-2+. The van der Waals surface area contributed by atoms with Crippen LogP contribution in [0.5, 0.6) is 0 Å². The Bertz CT molecular complexity index is 991. The molecule has 2 heterocycles. The lowest BCUT2D eigenvalue weighted by Gasteiger charge is -2.13. The summed E-state index contributed by atoms with van der Waals surface area (Å²) >= 11 is 0. The van der Waals surface area contributed by atoms with Crippen LogP contribution in [0.3, 0.4) is 0 Å². The molecule has 0 fully saturated rings. The molecule has 0 atom stereocenters. The monoisotopic (exact) mass is 328 g/mol. The van der Waals surface area contributed by atoms with E-state index in [-0.39, 0.29) is 0 Å². The van der Waals surface area contributed by atoms with Crippen LogP contribution in [-0.4, -0.2) is 21.2 Å². The zero-order valence-corrected chi connectivity index (χ0v) is 14.3. The smallest absolute Gasteiger partial charge is 0.0908 e. The van der Waals surface area contributed by atoms with E-state index in [4.69, 9.17) is 5.26 Å². The Labute approximate surface area is 147 Å². The highest BCUT2D eigenvalue weighted by Gasteiger charge is 2.21. The molecule has 1 aromatic heterocycles. The molecule has 0 radical (unpaired) electrons. The van der Waals surface area contributed by atoms with Crippen LogP contribution in [0.4, 0.5) is 0 Å². The molecule has 124 valence electrons. The zero-order chi connectivity index (χ0) is 17.2. The zero-order valence-electron chi connectivity index (χ0n) is 14.3. The average molecular weight is 328 g/mol. The lowest BCUT2D eigenvalue weighted by atomic mass is 9.96. The molecule has 1 aliphatic rings. The first-order chi connectivity index (χ1) is 12.3. The van der Waals surface area contributed by atoms with Gasteiger partial charge in [-0.25, -0.2) is 0 Å². The fourth-order valence-corrected chi connectivity index (χ4v) is 3.62. The van der Waals surface area contributed by atoms with Crippen molar-refractivity contribution in [2.45, 2.75) is 19.5 Å². The van der Waals surface area contributed by atoms with Crippen molar-refractivity contribution in [1.82, 2.24) is 14.7 Å². The first kappa shape index (κ1) is 15.6. The average Bonchev–Trinajstić information content (AvgIpc) is 3.21. The van der Waals surface area contributed by atoms with Crippen LogP contribution >= 0.6 is 0 Å². The lowest BCUT2D eigenvalue weighted by molar-refractivity contribution is 0.290. The molecule has 3 aromatic rings. The summed E-state index contributed by atoms with van der Waals surface area (Å²) in [5.41, 5.74) is 6.56. The van der Waals surface area contributed by atoms with Gasteiger partial charge < -0.3 is 0 Å². The maximum absolute atomic E-state index is 8.59. The third kappa shape index (κ3) is 2.95. The van der Waals surface area contributed by atoms with Crippen LogP contribution in [-0.2, 0) is 20.1 Å². The quantitative estimate of drug-likeness (QED) is 0.679. The highest BCUT2D eigenvalue weighted by molar-refractivity contribution is 5.85. The molecular formula is C21H20N4. The van der Waals surface area contributed by atoms with E-state index in [0.717, 1.165) is 31.6 Å². The van der Waals surface area contributed by atoms with Crippen LogP contribution in [0.1, 0.15) is 17.5 Å². The van der Waals surface area contributed by atoms with Crippen LogP contribution in [0, 0.1) is 11.3 Å². The molecule has 0 N–H and O–H groups in total. The number of hydrogen-bond acceptors (Lipinski definition) is 3. The number of allylic oxidation sites excluding steroid dienone is 1. The van der Waals surface area contributed by atoms with Gasteiger partial charge in [-0.3, -0.25) is 9.58 Å². The fraction of sp³-hybridized carbons (Fsp3) is 0.238. The number of fused-ring (bicyclic) bond motifs is 2. The van der Waals surface area contributed by atoms with Gasteiger partial charge in [-0.2, -0.15) is 10.4 Å². The predicted octanol–water partition coefficient (Wildman–Crippen LogP) is 4.03. The molecule has 0 saturated carbocycles. The number of nitrogens with zero attached hydrogens (tertiary/aromatic N) is 4. The Hall–Kier alpha value is -2.90. The van der Waals surface area contributed by atoms with E-state index in [1.807, 2.05) is 24.0 Å². The van der Waals surface area contributed by atoms with Gasteiger partial charge in [0.2, 0.25) is 0 Å². The van der Waals surface area contributed by atoms with Crippen LogP contribution < -0.4 is 0 Å². The van der Waals surface area contributed by atoms with Crippen molar-refractivity contribution in [3.63, 3.8) is 0 Å². The van der Waals surface area contributed by atoms with Crippen LogP contribution in [0.25, 0.3) is 22.0 Å². The Morgan fingerprint density at radius 3 is 3.04 bits per heavy atom. The van der Waals surface area contributed by atoms with Crippen molar-refractivity contribution in [2.24, 2.45) is 7.05 Å². The Balaban J connectivity index is 1.63. The molecule has 0 unspecified atom stereocenters. The van der Waals surface area contributed by atoms with Crippen LogP contribution in [0.15, 0.2) is 54.7 Å². The van der Waals surface area contributed by atoms with E-state index < -0.39 is 0 Å². The molecule has 0 saturated heterocycles. The van der Waals surface area contributed by atoms with Crippen LogP contribution in [0.2, 0.25) is 0 Å². The highest BCUT2D eigenvalue weighted by Crippen LogP contribution is 2.34. The Morgan fingerprint density at radius 2 is 2.16 bits per heavy atom. The molecule has 4 rings (SSSR count). The summed E-state index contributed by atoms with van der Waals surface area (Å²) in [6, 6.07) is 15.2. The number of hydrogen-bond donors (Lipinski definition) is 0. The van der Waals surface area contributed by atoms with Crippen molar-refractivity contribution in [2.75, 3.05) is 6.54 Å². The highest BCUT2D eigenvalue weighted by atomic mass is 15.2. The minimum Gasteiger partial charge on any atom is -0.294 e. The van der Waals surface area contributed by atoms with Crippen molar-refractivity contribution in [1.29, 1.82) is 5.26 Å². The summed E-state index contributed by atoms with van der Waals surface area (Å²) < 4.78 is 1.93. The summed E-state index contributed by atoms with van der Waals surface area (Å²) in [7, 11) is 1.98. The minimum atomic E-state index is 0.915. The Kier molecular flexibility index (Phi) is 4.09. The predicted molar refractivity (Wildman–Crippen MR) is 99.6 cm³/mol. The Morgan fingerprint density at radius 1 is 1.24 bits per heavy atom. The maximum atomic E-state index is 8.59. The molecule has 2 aromatic carbocycles. The third-order valence-corrected chi connectivity index (χ3v) is 4.91. The van der Waals surface area contributed by atoms with Gasteiger partial charge in [0.25, 0.3) is 0 Å². The summed E-state index contributed by atoms with van der Waals surface area (Å²) in [5.74, 6) is 0. The second-order valence-corrected chi connectivity index (χ2v) is 6.52. The summed E-state index contributed by atoms with van der Waals surface area (Å²) in [6.07, 6.45) is 6.33. The summed E-state index contributed by atoms with van der Waals surface area (Å²) in [5, 5.41) is 14.1. The fourth-order valence-electron chi connectivity index (χ4n) is 3.62. The number of aryl methyl sites for hydroxylation is 1. The van der Waals surface area contributed by atoms with Gasteiger partial charge in [0.05, 0.1) is 17.8 Å². The van der Waals surface area contributed by atoms with Gasteiger partial charge in [-0.15, -0.1) is 0 Å². The van der Waals surface area contributed by atoms with E-state index >= 15 is 0 Å². The third-order valence-electron chi connectivity index (χ3n) is 4.91. The number of aromatic nitrogens is 2. The first-order valence-electron chi connectivity index (χ1n) is 8.56. The van der Waals surface area contributed by atoms with E-state index in [0.29, 0.717) is 0 Å². The molecule has 25 heavy (non-hydrogen) atoms. The van der Waals surface area contributed by atoms with Gasteiger partial charge in [-0.1, -0.05) is 36.4 Å². The number of nitriles is 1. The number of rotatable bonds is 4. The minimum absolute atomic E-state index is 0.915. The first-order valence-corrected chi connectivity index (χ1v) is 8.56. The van der Waals surface area contributed by atoms with Gasteiger partial charge in [0, 0.05) is 38.1 Å². The van der Waals surface area contributed by atoms with Gasteiger partial charge >= 0.3 is 0 Å². The van der Waals surface area contributed by atoms with Crippen molar-refractivity contribution in [3.05, 3.63) is 65.9 Å². The molecule has 4 nitrogen and oxygen atoms in total. The van der Waals surface area contributed by atoms with E-state index in [2.05, 4.69) is 52.5 Å². The summed E-state index contributed by atoms with van der Waals surface area (Å²) in [6.45, 7) is 2.93. The van der Waals surface area contributed by atoms with Crippen molar-refractivity contribution < 1.29 is 0 Å². The van der Waals surface area contributed by atoms with Gasteiger partial charge in [0.15, 0.2) is 0 Å². The number of benzene rings is 2. The second-order valence-electron chi connectivity index (χ2n) is 6.52. The molecule has 0 aliphatic carbocycles. The maximum Gasteiger partial charge on any atom is 0.0908 e. The summed E-state index contributed by atoms with van der Waals surface area (Å²) in [4.78, 5) is 2.44. The SMILES string of the molecule is Cn1ncc2ccc(-c3cccc4c3CN(CC/C=C/C#N)C4)cc21. The van der Waals surface area contributed by atoms with E-state index in [9.17, 15) is 0 Å². The van der Waals surface area contributed by atoms with E-state index in [1.54, 1.807) is 6.08 Å². The molecular weight excluding hydrogens is 308 g/mol. The van der Waals surface area contributed by atoms with Gasteiger partial charge in [0.1, 0.15) is 0 Å². The lowest BCUT2D eigenvalue weighted by Crippen LogP contribution is -2.17. The van der Waals surface area contributed by atoms with E-state index in [1.165, 1.54) is 27.6 Å². The second kappa shape index (κ2) is 6.54. The largest absolute Gasteiger partial charge is 0.294 e. The van der Waals surface area contributed by atoms with Gasteiger partial charge in [-0.05, 0) is 34.7 Å². The normalized spacial score (nSPS) is 14.2. The van der Waals surface area contributed by atoms with Crippen molar-refractivity contribution in [3.8, 4) is 17.2 Å². The molecule has 0 amide bonds. The molecule has 4 heteroatoms. The topological polar surface area (TPSA) is 44.9 Å². The van der Waals surface area contributed by atoms with Crippen molar-refractivity contribution >= 4 is 10.9 Å². The molecule has 0 spiro atoms. The molecule has 0 bridgehead atoms. The molecule has 1 aliphatic heterocycles.